The van der Waals surface area contributed by atoms with Gasteiger partial charge in [-0.15, -0.1) is 0 Å². The Bertz CT molecular complexity index is 944. The average molecular weight is 679 g/mol. The number of hydrogen-bond acceptors (Lipinski definition) is 9. The second kappa shape index (κ2) is 45.6. The Morgan fingerprint density at radius 1 is 0.667 bits per heavy atom. The number of unbranched alkanes of at least 4 members (excludes halogenated alkanes) is 10. The molecule has 0 fully saturated rings. The van der Waals surface area contributed by atoms with Gasteiger partial charge in [-0.25, -0.2) is 19.2 Å². The lowest BCUT2D eigenvalue weighted by molar-refractivity contribution is -0.146. The van der Waals surface area contributed by atoms with Crippen LogP contribution in [0.4, 0.5) is 0 Å². The van der Waals surface area contributed by atoms with Crippen LogP contribution in [0.25, 0.3) is 0 Å². The molecule has 0 N–H and O–H groups in total. The first-order chi connectivity index (χ1) is 23.1. The van der Waals surface area contributed by atoms with Crippen LogP contribution in [0.1, 0.15) is 131 Å². The Morgan fingerprint density at radius 3 is 1.67 bits per heavy atom. The predicted octanol–water partition coefficient (Wildman–Crippen LogP) is 8.34. The van der Waals surface area contributed by atoms with E-state index in [1.165, 1.54) is 78.8 Å². The minimum atomic E-state index is -0.443. The lowest BCUT2D eigenvalue weighted by atomic mass is 10.1. The molecule has 0 heterocycles. The summed E-state index contributed by atoms with van der Waals surface area (Å²) in [6, 6.07) is 0. The van der Waals surface area contributed by atoms with Gasteiger partial charge in [0, 0.05) is 37.4 Å². The largest absolute Gasteiger partial charge is 0.467 e. The van der Waals surface area contributed by atoms with Crippen molar-refractivity contribution in [2.45, 2.75) is 131 Å². The van der Waals surface area contributed by atoms with Crippen LogP contribution in [0.2, 0.25) is 0 Å². The maximum absolute atomic E-state index is 10.8. The van der Waals surface area contributed by atoms with Gasteiger partial charge in [-0.05, 0) is 44.9 Å². The number of ether oxygens (including phenoxy) is 5. The molecule has 0 aliphatic heterocycles. The molecule has 0 aliphatic rings. The van der Waals surface area contributed by atoms with Crippen molar-refractivity contribution in [3.05, 3.63) is 24.3 Å². The molecule has 0 saturated heterocycles. The Kier molecular flexibility index (Phi) is 48.7. The molecular weight excluding hydrogens is 612 g/mol. The summed E-state index contributed by atoms with van der Waals surface area (Å²) >= 11 is 0. The molecule has 0 radical (unpaired) electrons. The molecule has 0 spiro atoms. The van der Waals surface area contributed by atoms with E-state index < -0.39 is 11.9 Å². The van der Waals surface area contributed by atoms with Crippen LogP contribution in [-0.2, 0) is 42.9 Å². The van der Waals surface area contributed by atoms with Gasteiger partial charge < -0.3 is 23.7 Å². The number of carbonyl (C=O) groups is 4. The standard InChI is InChI=1S/C12H20O2.C10H16O2.C9H14O2.C8H16O3/c1-3-5-6-7-8-9-10-11-12(13)14-4-2;1-3-4-5-6-7-8-9-10(11)12-2;1-3-4-5-6-7-8-9(10)11-2;1-7(2)4-5-11-6-8(9)10-3/h8-11H,3-7H2,1-2H3;3-7H2,1-2H3;3-6H2,1-2H3;7H,4-6H2,1-3H3. The molecule has 9 nitrogen and oxygen atoms in total. The van der Waals surface area contributed by atoms with Crippen molar-refractivity contribution in [2.24, 2.45) is 5.92 Å². The summed E-state index contributed by atoms with van der Waals surface area (Å²) in [6.07, 6.45) is 22.7. The van der Waals surface area contributed by atoms with E-state index in [0.717, 1.165) is 38.5 Å². The maximum atomic E-state index is 10.8. The van der Waals surface area contributed by atoms with Crippen molar-refractivity contribution in [2.75, 3.05) is 41.2 Å². The zero-order valence-corrected chi connectivity index (χ0v) is 31.6. The fourth-order valence-corrected chi connectivity index (χ4v) is 3.02. The van der Waals surface area contributed by atoms with Gasteiger partial charge in [0.25, 0.3) is 0 Å². The average Bonchev–Trinajstić information content (AvgIpc) is 3.08. The van der Waals surface area contributed by atoms with Crippen molar-refractivity contribution in [3.63, 3.8) is 0 Å². The number of methoxy groups -OCH3 is 3. The number of carbonyl (C=O) groups excluding carboxylic acids is 4. The number of hydrogen-bond donors (Lipinski definition) is 0. The fourth-order valence-electron chi connectivity index (χ4n) is 3.02. The Balaban J connectivity index is -0.000000270. The highest BCUT2D eigenvalue weighted by Gasteiger charge is 1.99. The van der Waals surface area contributed by atoms with Crippen LogP contribution in [0.5, 0.6) is 0 Å². The molecule has 0 unspecified atom stereocenters. The lowest BCUT2D eigenvalue weighted by Crippen LogP contribution is -2.11. The molecule has 0 amide bonds. The Hall–Kier alpha value is -3.56. The highest BCUT2D eigenvalue weighted by Crippen LogP contribution is 2.01. The van der Waals surface area contributed by atoms with Gasteiger partial charge in [-0.2, -0.15) is 0 Å². The van der Waals surface area contributed by atoms with Crippen molar-refractivity contribution in [3.8, 4) is 23.7 Å². The summed E-state index contributed by atoms with van der Waals surface area (Å²) in [5.41, 5.74) is 0. The van der Waals surface area contributed by atoms with Gasteiger partial charge in [-0.1, -0.05) is 110 Å². The normalized spacial score (nSPS) is 9.62. The van der Waals surface area contributed by atoms with Crippen molar-refractivity contribution in [1.29, 1.82) is 0 Å². The van der Waals surface area contributed by atoms with Crippen LogP contribution in [-0.4, -0.2) is 65.0 Å². The summed E-state index contributed by atoms with van der Waals surface area (Å²) in [5, 5.41) is 0. The molecular formula is C39H66O9. The minimum absolute atomic E-state index is 0.0726. The summed E-state index contributed by atoms with van der Waals surface area (Å²) in [4.78, 5) is 42.3. The minimum Gasteiger partial charge on any atom is -0.467 e. The third-order valence-corrected chi connectivity index (χ3v) is 5.84. The summed E-state index contributed by atoms with van der Waals surface area (Å²) in [6.45, 7) is 13.6. The molecule has 9 heteroatoms. The summed E-state index contributed by atoms with van der Waals surface area (Å²) in [7, 11) is 4.03. The highest BCUT2D eigenvalue weighted by molar-refractivity contribution is 5.88. The molecule has 0 rings (SSSR count). The van der Waals surface area contributed by atoms with Gasteiger partial charge >= 0.3 is 23.9 Å². The molecule has 0 aromatic carbocycles. The molecule has 0 aromatic heterocycles. The molecule has 276 valence electrons. The van der Waals surface area contributed by atoms with Crippen LogP contribution in [0.3, 0.4) is 0 Å². The first kappa shape index (κ1) is 51.3. The van der Waals surface area contributed by atoms with Crippen molar-refractivity contribution < 1.29 is 42.9 Å². The van der Waals surface area contributed by atoms with E-state index in [0.29, 0.717) is 19.1 Å². The molecule has 0 bridgehead atoms. The van der Waals surface area contributed by atoms with E-state index in [2.05, 4.69) is 78.6 Å². The van der Waals surface area contributed by atoms with Crippen LogP contribution in [0.15, 0.2) is 24.3 Å². The lowest BCUT2D eigenvalue weighted by Gasteiger charge is -2.04. The Morgan fingerprint density at radius 2 is 1.19 bits per heavy atom. The molecule has 0 aliphatic carbocycles. The predicted molar refractivity (Wildman–Crippen MR) is 194 cm³/mol. The van der Waals surface area contributed by atoms with Crippen LogP contribution in [0, 0.1) is 29.6 Å². The SMILES string of the molecule is CCCCCC#CC(=O)OC.CCCCCC=CC=CC(=O)OCC.CCCCCCC#CC(=O)OC.COC(=O)COCCC(C)C. The second-order valence-corrected chi connectivity index (χ2v) is 10.7. The van der Waals surface area contributed by atoms with E-state index in [9.17, 15) is 19.2 Å². The van der Waals surface area contributed by atoms with Gasteiger partial charge in [-0.3, -0.25) is 0 Å². The third-order valence-electron chi connectivity index (χ3n) is 5.84. The van der Waals surface area contributed by atoms with E-state index in [1.807, 2.05) is 6.08 Å². The van der Waals surface area contributed by atoms with Crippen LogP contribution >= 0.6 is 0 Å². The topological polar surface area (TPSA) is 114 Å². The van der Waals surface area contributed by atoms with Gasteiger partial charge in [0.1, 0.15) is 6.61 Å². The van der Waals surface area contributed by atoms with Gasteiger partial charge in [0.05, 0.1) is 27.9 Å². The monoisotopic (exact) mass is 678 g/mol. The van der Waals surface area contributed by atoms with Gasteiger partial charge in [0.15, 0.2) is 0 Å². The van der Waals surface area contributed by atoms with Crippen molar-refractivity contribution >= 4 is 23.9 Å². The zero-order valence-electron chi connectivity index (χ0n) is 31.6. The molecule has 0 saturated carbocycles. The quantitative estimate of drug-likeness (QED) is 0.0253. The number of esters is 4. The zero-order chi connectivity index (χ0) is 37.1. The van der Waals surface area contributed by atoms with Gasteiger partial charge in [0.2, 0.25) is 0 Å². The molecule has 48 heavy (non-hydrogen) atoms. The van der Waals surface area contributed by atoms with Crippen molar-refractivity contribution in [1.82, 2.24) is 0 Å². The number of rotatable bonds is 19. The third kappa shape index (κ3) is 54.9. The summed E-state index contributed by atoms with van der Waals surface area (Å²) in [5.74, 6) is 9.45. The second-order valence-electron chi connectivity index (χ2n) is 10.7. The Labute approximate surface area is 292 Å². The summed E-state index contributed by atoms with van der Waals surface area (Å²) < 4.78 is 22.9. The highest BCUT2D eigenvalue weighted by atomic mass is 16.6. The maximum Gasteiger partial charge on any atom is 0.384 e. The molecule has 0 aromatic rings. The number of allylic oxidation sites excluding steroid dienone is 3. The molecule has 0 atom stereocenters. The smallest absolute Gasteiger partial charge is 0.384 e. The van der Waals surface area contributed by atoms with E-state index in [4.69, 9.17) is 9.47 Å². The fraction of sp³-hybridized carbons (Fsp3) is 0.692. The first-order valence-corrected chi connectivity index (χ1v) is 17.4. The van der Waals surface area contributed by atoms with E-state index >= 15 is 0 Å². The van der Waals surface area contributed by atoms with E-state index in [1.54, 1.807) is 13.0 Å². The van der Waals surface area contributed by atoms with E-state index in [-0.39, 0.29) is 18.5 Å². The first-order valence-electron chi connectivity index (χ1n) is 17.4. The van der Waals surface area contributed by atoms with Crippen LogP contribution < -0.4 is 0 Å².